The van der Waals surface area contributed by atoms with E-state index in [-0.39, 0.29) is 17.6 Å². The fourth-order valence-corrected chi connectivity index (χ4v) is 2.66. The fraction of sp³-hybridized carbons (Fsp3) is 0.462. The van der Waals surface area contributed by atoms with E-state index in [4.69, 9.17) is 5.11 Å². The molecule has 1 aromatic heterocycles. The lowest BCUT2D eigenvalue weighted by molar-refractivity contribution is -0.133. The number of hydrogen-bond donors (Lipinski definition) is 3. The van der Waals surface area contributed by atoms with E-state index in [1.807, 2.05) is 5.38 Å². The number of hydrogen-bond acceptors (Lipinski definition) is 5. The maximum Gasteiger partial charge on any atom is 0.313 e. The molecule has 3 N–H and O–H groups in total. The first-order valence-corrected chi connectivity index (χ1v) is 8.56. The van der Waals surface area contributed by atoms with Gasteiger partial charge >= 0.3 is 5.97 Å². The number of carbonyl (C=O) groups is 3. The van der Waals surface area contributed by atoms with Gasteiger partial charge in [0.25, 0.3) is 5.91 Å². The lowest BCUT2D eigenvalue weighted by Gasteiger charge is -2.05. The maximum atomic E-state index is 11.6. The molecule has 1 heterocycles. The lowest BCUT2D eigenvalue weighted by atomic mass is 10.2. The number of carboxylic acids is 1. The molecule has 21 heavy (non-hydrogen) atoms. The number of thioether (sulfide) groups is 1. The van der Waals surface area contributed by atoms with Crippen LogP contribution < -0.4 is 10.6 Å². The first-order valence-electron chi connectivity index (χ1n) is 6.46. The summed E-state index contributed by atoms with van der Waals surface area (Å²) in [7, 11) is 0. The highest BCUT2D eigenvalue weighted by atomic mass is 32.2. The van der Waals surface area contributed by atoms with Crippen LogP contribution >= 0.6 is 23.1 Å². The lowest BCUT2D eigenvalue weighted by Crippen LogP contribution is -2.28. The molecule has 0 aromatic carbocycles. The standard InChI is InChI=1S/C13H18N2O4S2/c16-11(14-5-7-21-9-12(17)18)2-1-4-15-13(19)10-3-6-20-8-10/h3,6,8H,1-2,4-5,7,9H2,(H,14,16)(H,15,19)(H,17,18). The van der Waals surface area contributed by atoms with E-state index in [2.05, 4.69) is 10.6 Å². The van der Waals surface area contributed by atoms with Crippen molar-refractivity contribution in [3.8, 4) is 0 Å². The van der Waals surface area contributed by atoms with Gasteiger partial charge < -0.3 is 15.7 Å². The summed E-state index contributed by atoms with van der Waals surface area (Å²) in [4.78, 5) is 33.3. The van der Waals surface area contributed by atoms with Crippen LogP contribution in [0.4, 0.5) is 0 Å². The minimum atomic E-state index is -0.854. The molecule has 1 aromatic rings. The second-order valence-corrected chi connectivity index (χ2v) is 6.05. The number of aliphatic carboxylic acids is 1. The van der Waals surface area contributed by atoms with Crippen molar-refractivity contribution < 1.29 is 19.5 Å². The normalized spacial score (nSPS) is 10.1. The van der Waals surface area contributed by atoms with Crippen LogP contribution in [0, 0.1) is 0 Å². The third-order valence-electron chi connectivity index (χ3n) is 2.44. The second kappa shape index (κ2) is 10.2. The number of amides is 2. The molecule has 0 spiro atoms. The number of rotatable bonds is 10. The molecule has 0 radical (unpaired) electrons. The van der Waals surface area contributed by atoms with E-state index in [1.165, 1.54) is 23.1 Å². The molecule has 0 fully saturated rings. The molecular weight excluding hydrogens is 312 g/mol. The smallest absolute Gasteiger partial charge is 0.313 e. The van der Waals surface area contributed by atoms with Crippen LogP contribution in [0.5, 0.6) is 0 Å². The number of nitrogens with one attached hydrogen (secondary N) is 2. The Hall–Kier alpha value is -1.54. The Morgan fingerprint density at radius 3 is 2.71 bits per heavy atom. The number of carbonyl (C=O) groups excluding carboxylic acids is 2. The second-order valence-electron chi connectivity index (χ2n) is 4.17. The molecule has 0 atom stereocenters. The highest BCUT2D eigenvalue weighted by Gasteiger charge is 2.05. The van der Waals surface area contributed by atoms with Gasteiger partial charge in [-0.3, -0.25) is 14.4 Å². The summed E-state index contributed by atoms with van der Waals surface area (Å²) in [6.07, 6.45) is 0.914. The summed E-state index contributed by atoms with van der Waals surface area (Å²) in [6, 6.07) is 1.75. The molecular formula is C13H18N2O4S2. The van der Waals surface area contributed by atoms with Crippen molar-refractivity contribution in [2.24, 2.45) is 0 Å². The summed E-state index contributed by atoms with van der Waals surface area (Å²) in [5.74, 6) is -0.442. The van der Waals surface area contributed by atoms with Crippen molar-refractivity contribution in [1.82, 2.24) is 10.6 Å². The van der Waals surface area contributed by atoms with Gasteiger partial charge in [-0.25, -0.2) is 0 Å². The third-order valence-corrected chi connectivity index (χ3v) is 4.07. The van der Waals surface area contributed by atoms with Crippen molar-refractivity contribution in [3.63, 3.8) is 0 Å². The SMILES string of the molecule is O=C(O)CSCCNC(=O)CCCNC(=O)c1ccsc1. The predicted octanol–water partition coefficient (Wildman–Crippen LogP) is 1.19. The predicted molar refractivity (Wildman–Crippen MR) is 83.9 cm³/mol. The topological polar surface area (TPSA) is 95.5 Å². The van der Waals surface area contributed by atoms with Crippen molar-refractivity contribution >= 4 is 40.9 Å². The van der Waals surface area contributed by atoms with Crippen molar-refractivity contribution in [2.45, 2.75) is 12.8 Å². The van der Waals surface area contributed by atoms with Gasteiger partial charge in [0.15, 0.2) is 0 Å². The van der Waals surface area contributed by atoms with E-state index in [9.17, 15) is 14.4 Å². The molecule has 0 saturated heterocycles. The van der Waals surface area contributed by atoms with Crippen molar-refractivity contribution in [3.05, 3.63) is 22.4 Å². The quantitative estimate of drug-likeness (QED) is 0.560. The zero-order valence-electron chi connectivity index (χ0n) is 11.5. The average molecular weight is 330 g/mol. The molecule has 6 nitrogen and oxygen atoms in total. The van der Waals surface area contributed by atoms with Crippen LogP contribution in [-0.4, -0.2) is 47.5 Å². The van der Waals surface area contributed by atoms with Gasteiger partial charge in [0.1, 0.15) is 0 Å². The minimum Gasteiger partial charge on any atom is -0.481 e. The first kappa shape index (κ1) is 17.5. The van der Waals surface area contributed by atoms with Gasteiger partial charge in [-0.2, -0.15) is 11.3 Å². The Morgan fingerprint density at radius 1 is 1.24 bits per heavy atom. The Morgan fingerprint density at radius 2 is 2.05 bits per heavy atom. The fourth-order valence-electron chi connectivity index (χ4n) is 1.46. The molecule has 116 valence electrons. The van der Waals surface area contributed by atoms with Crippen molar-refractivity contribution in [2.75, 3.05) is 24.6 Å². The van der Waals surface area contributed by atoms with Crippen LogP contribution in [0.1, 0.15) is 23.2 Å². The minimum absolute atomic E-state index is 0.0461. The van der Waals surface area contributed by atoms with Gasteiger partial charge in [0, 0.05) is 36.2 Å². The van der Waals surface area contributed by atoms with Gasteiger partial charge in [0.05, 0.1) is 5.75 Å². The van der Waals surface area contributed by atoms with Crippen LogP contribution in [0.3, 0.4) is 0 Å². The largest absolute Gasteiger partial charge is 0.481 e. The Kier molecular flexibility index (Phi) is 8.53. The third kappa shape index (κ3) is 8.36. The van der Waals surface area contributed by atoms with Crippen LogP contribution in [0.2, 0.25) is 0 Å². The Bertz CT molecular complexity index is 463. The number of carboxylic acid groups (broad SMARTS) is 1. The van der Waals surface area contributed by atoms with Crippen LogP contribution in [0.15, 0.2) is 16.8 Å². The molecule has 1 rings (SSSR count). The molecule has 0 aliphatic heterocycles. The van der Waals surface area contributed by atoms with Crippen molar-refractivity contribution in [1.29, 1.82) is 0 Å². The van der Waals surface area contributed by atoms with Gasteiger partial charge in [-0.1, -0.05) is 0 Å². The Balaban J connectivity index is 1.98. The molecule has 0 unspecified atom stereocenters. The Labute approximate surface area is 131 Å². The molecule has 0 aliphatic rings. The molecule has 0 aliphatic carbocycles. The molecule has 2 amide bonds. The summed E-state index contributed by atoms with van der Waals surface area (Å²) in [6.45, 7) is 0.911. The van der Waals surface area contributed by atoms with E-state index in [1.54, 1.807) is 11.4 Å². The first-order chi connectivity index (χ1) is 10.1. The summed E-state index contributed by atoms with van der Waals surface area (Å²) < 4.78 is 0. The molecule has 8 heteroatoms. The number of thiophene rings is 1. The zero-order valence-corrected chi connectivity index (χ0v) is 13.1. The maximum absolute atomic E-state index is 11.6. The summed E-state index contributed by atoms with van der Waals surface area (Å²) >= 11 is 2.73. The van der Waals surface area contributed by atoms with E-state index in [0.29, 0.717) is 37.2 Å². The molecule has 0 bridgehead atoms. The molecule has 0 saturated carbocycles. The van der Waals surface area contributed by atoms with Gasteiger partial charge in [0.2, 0.25) is 5.91 Å². The van der Waals surface area contributed by atoms with Gasteiger partial charge in [-0.15, -0.1) is 11.8 Å². The highest BCUT2D eigenvalue weighted by molar-refractivity contribution is 7.99. The average Bonchev–Trinajstić information content (AvgIpc) is 2.97. The van der Waals surface area contributed by atoms with Gasteiger partial charge in [-0.05, 0) is 17.9 Å². The summed E-state index contributed by atoms with van der Waals surface area (Å²) in [5, 5.41) is 17.5. The zero-order chi connectivity index (χ0) is 15.5. The van der Waals surface area contributed by atoms with E-state index < -0.39 is 5.97 Å². The van der Waals surface area contributed by atoms with Crippen LogP contribution in [-0.2, 0) is 9.59 Å². The highest BCUT2D eigenvalue weighted by Crippen LogP contribution is 2.05. The van der Waals surface area contributed by atoms with Crippen LogP contribution in [0.25, 0.3) is 0 Å². The van der Waals surface area contributed by atoms with E-state index >= 15 is 0 Å². The summed E-state index contributed by atoms with van der Waals surface area (Å²) in [5.41, 5.74) is 0.639. The monoisotopic (exact) mass is 330 g/mol. The van der Waals surface area contributed by atoms with E-state index in [0.717, 1.165) is 0 Å².